The fraction of sp³-hybridized carbons (Fsp3) is 0.350. The zero-order valence-corrected chi connectivity index (χ0v) is 15.5. The minimum atomic E-state index is -0.321. The Morgan fingerprint density at radius 2 is 2.04 bits per heavy atom. The molecule has 0 bridgehead atoms. The minimum absolute atomic E-state index is 0.0719. The monoisotopic (exact) mass is 383 g/mol. The van der Waals surface area contributed by atoms with Gasteiger partial charge >= 0.3 is 0 Å². The first kappa shape index (κ1) is 19.6. The first-order chi connectivity index (χ1) is 13.6. The molecule has 1 aromatic carbocycles. The van der Waals surface area contributed by atoms with E-state index >= 15 is 0 Å². The summed E-state index contributed by atoms with van der Waals surface area (Å²) in [7, 11) is 0. The van der Waals surface area contributed by atoms with Crippen LogP contribution >= 0.6 is 0 Å². The highest BCUT2D eigenvalue weighted by Crippen LogP contribution is 2.21. The number of terminal acetylenes is 1. The van der Waals surface area contributed by atoms with Crippen LogP contribution in [0, 0.1) is 18.2 Å². The average Bonchev–Trinajstić information content (AvgIpc) is 2.94. The van der Waals surface area contributed by atoms with E-state index in [4.69, 9.17) is 11.2 Å². The summed E-state index contributed by atoms with van der Waals surface area (Å²) in [4.78, 5) is 24.8. The lowest BCUT2D eigenvalue weighted by Crippen LogP contribution is -2.39. The normalized spacial score (nSPS) is 14.8. The van der Waals surface area contributed by atoms with Crippen LogP contribution in [0.25, 0.3) is 0 Å². The van der Waals surface area contributed by atoms with Gasteiger partial charge in [0.25, 0.3) is 0 Å². The molecular formula is C20H22FN5O2. The van der Waals surface area contributed by atoms with Gasteiger partial charge in [-0.1, -0.05) is 5.92 Å². The van der Waals surface area contributed by atoms with Crippen molar-refractivity contribution in [1.29, 1.82) is 0 Å². The van der Waals surface area contributed by atoms with Gasteiger partial charge in [0.1, 0.15) is 11.6 Å². The number of amides is 1. The molecule has 1 saturated heterocycles. The third-order valence-electron chi connectivity index (χ3n) is 4.28. The summed E-state index contributed by atoms with van der Waals surface area (Å²) < 4.78 is 18.7. The van der Waals surface area contributed by atoms with Crippen LogP contribution < -0.4 is 15.0 Å². The minimum Gasteiger partial charge on any atom is -0.439 e. The predicted octanol–water partition coefficient (Wildman–Crippen LogP) is 1.67. The fourth-order valence-corrected chi connectivity index (χ4v) is 2.90. The lowest BCUT2D eigenvalue weighted by Gasteiger charge is -2.21. The maximum atomic E-state index is 13.0. The highest BCUT2D eigenvalue weighted by atomic mass is 19.1. The van der Waals surface area contributed by atoms with E-state index in [0.717, 1.165) is 26.1 Å². The molecular weight excluding hydrogens is 361 g/mol. The van der Waals surface area contributed by atoms with Gasteiger partial charge in [0.2, 0.25) is 17.7 Å². The molecule has 8 heteroatoms. The number of nitrogens with one attached hydrogen (secondary N) is 1. The van der Waals surface area contributed by atoms with Crippen LogP contribution in [-0.4, -0.2) is 60.0 Å². The first-order valence-electron chi connectivity index (χ1n) is 9.08. The van der Waals surface area contributed by atoms with Crippen molar-refractivity contribution in [3.8, 4) is 24.0 Å². The van der Waals surface area contributed by atoms with E-state index in [1.54, 1.807) is 24.4 Å². The predicted molar refractivity (Wildman–Crippen MR) is 104 cm³/mol. The number of carbonyl (C=O) groups is 1. The Morgan fingerprint density at radius 3 is 2.82 bits per heavy atom. The number of hydrogen-bond acceptors (Lipinski definition) is 6. The van der Waals surface area contributed by atoms with Gasteiger partial charge in [-0.3, -0.25) is 9.69 Å². The number of hydrogen-bond donors (Lipinski definition) is 1. The molecule has 1 amide bonds. The second-order valence-electron chi connectivity index (χ2n) is 6.35. The van der Waals surface area contributed by atoms with Gasteiger partial charge in [0.15, 0.2) is 0 Å². The van der Waals surface area contributed by atoms with E-state index in [1.165, 1.54) is 12.1 Å². The van der Waals surface area contributed by atoms with Crippen LogP contribution in [0.4, 0.5) is 10.3 Å². The van der Waals surface area contributed by atoms with E-state index in [-0.39, 0.29) is 18.3 Å². The zero-order valence-electron chi connectivity index (χ0n) is 15.5. The second kappa shape index (κ2) is 9.67. The summed E-state index contributed by atoms with van der Waals surface area (Å²) in [5.41, 5.74) is 0. The maximum Gasteiger partial charge on any atom is 0.234 e. The van der Waals surface area contributed by atoms with Crippen LogP contribution in [-0.2, 0) is 4.79 Å². The van der Waals surface area contributed by atoms with Gasteiger partial charge in [-0.15, -0.1) is 6.42 Å². The zero-order chi connectivity index (χ0) is 19.8. The first-order valence-corrected chi connectivity index (χ1v) is 9.08. The van der Waals surface area contributed by atoms with Gasteiger partial charge in [-0.05, 0) is 30.7 Å². The molecule has 146 valence electrons. The highest BCUT2D eigenvalue weighted by Gasteiger charge is 2.19. The van der Waals surface area contributed by atoms with Crippen molar-refractivity contribution in [2.75, 3.05) is 44.2 Å². The lowest BCUT2D eigenvalue weighted by molar-refractivity contribution is -0.121. The van der Waals surface area contributed by atoms with E-state index in [9.17, 15) is 9.18 Å². The van der Waals surface area contributed by atoms with E-state index in [2.05, 4.69) is 31.0 Å². The number of halogens is 1. The molecule has 1 aromatic heterocycles. The maximum absolute atomic E-state index is 13.0. The van der Waals surface area contributed by atoms with Crippen molar-refractivity contribution in [3.63, 3.8) is 0 Å². The lowest BCUT2D eigenvalue weighted by atomic mass is 10.3. The Bertz CT molecular complexity index is 837. The van der Waals surface area contributed by atoms with E-state index in [0.29, 0.717) is 30.7 Å². The Morgan fingerprint density at radius 1 is 1.21 bits per heavy atom. The molecule has 0 aliphatic carbocycles. The molecule has 0 saturated carbocycles. The van der Waals surface area contributed by atoms with Crippen LogP contribution in [0.2, 0.25) is 0 Å². The summed E-state index contributed by atoms with van der Waals surface area (Å²) >= 11 is 0. The standard InChI is InChI=1S/C20H22FN5O2/c1-2-9-22-18(27)15-25-11-3-12-26(14-13-25)20-23-10-8-19(24-20)28-17-6-4-16(21)5-7-17/h1,4-8,10H,3,9,11-15H2,(H,22,27). The molecule has 0 atom stereocenters. The third kappa shape index (κ3) is 5.66. The Kier molecular flexibility index (Phi) is 6.76. The van der Waals surface area contributed by atoms with Crippen molar-refractivity contribution in [1.82, 2.24) is 20.2 Å². The smallest absolute Gasteiger partial charge is 0.234 e. The topological polar surface area (TPSA) is 70.6 Å². The SMILES string of the molecule is C#CCNC(=O)CN1CCCN(c2nccc(Oc3ccc(F)cc3)n2)CC1. The Hall–Kier alpha value is -3.18. The number of carbonyl (C=O) groups excluding carboxylic acids is 1. The average molecular weight is 383 g/mol. The number of anilines is 1. The van der Waals surface area contributed by atoms with Crippen molar-refractivity contribution in [3.05, 3.63) is 42.3 Å². The molecule has 1 N–H and O–H groups in total. The van der Waals surface area contributed by atoms with Crippen molar-refractivity contribution in [2.45, 2.75) is 6.42 Å². The summed E-state index contributed by atoms with van der Waals surface area (Å²) in [6.07, 6.45) is 7.68. The number of rotatable bonds is 6. The van der Waals surface area contributed by atoms with Crippen molar-refractivity contribution < 1.29 is 13.9 Å². The third-order valence-corrected chi connectivity index (χ3v) is 4.28. The largest absolute Gasteiger partial charge is 0.439 e. The molecule has 2 aromatic rings. The van der Waals surface area contributed by atoms with Gasteiger partial charge in [0.05, 0.1) is 13.1 Å². The molecule has 1 aliphatic heterocycles. The van der Waals surface area contributed by atoms with E-state index < -0.39 is 0 Å². The molecule has 28 heavy (non-hydrogen) atoms. The molecule has 1 fully saturated rings. The number of ether oxygens (including phenoxy) is 1. The summed E-state index contributed by atoms with van der Waals surface area (Å²) in [5.74, 6) is 3.47. The quantitative estimate of drug-likeness (QED) is 0.766. The van der Waals surface area contributed by atoms with Crippen LogP contribution in [0.5, 0.6) is 11.6 Å². The Labute approximate surface area is 163 Å². The summed E-state index contributed by atoms with van der Waals surface area (Å²) in [6, 6.07) is 7.42. The molecule has 0 spiro atoms. The molecule has 1 aliphatic rings. The van der Waals surface area contributed by atoms with Gasteiger partial charge < -0.3 is 15.0 Å². The van der Waals surface area contributed by atoms with Crippen molar-refractivity contribution in [2.24, 2.45) is 0 Å². The second-order valence-corrected chi connectivity index (χ2v) is 6.35. The fourth-order valence-electron chi connectivity index (χ4n) is 2.90. The van der Waals surface area contributed by atoms with Crippen LogP contribution in [0.3, 0.4) is 0 Å². The van der Waals surface area contributed by atoms with Crippen LogP contribution in [0.15, 0.2) is 36.5 Å². The Balaban J connectivity index is 1.58. The number of aromatic nitrogens is 2. The molecule has 2 heterocycles. The highest BCUT2D eigenvalue weighted by molar-refractivity contribution is 5.78. The van der Waals surface area contributed by atoms with Crippen molar-refractivity contribution >= 4 is 11.9 Å². The van der Waals surface area contributed by atoms with Crippen LogP contribution in [0.1, 0.15) is 6.42 Å². The van der Waals surface area contributed by atoms with Gasteiger partial charge in [-0.2, -0.15) is 4.98 Å². The number of nitrogens with zero attached hydrogens (tertiary/aromatic N) is 4. The number of benzene rings is 1. The van der Waals surface area contributed by atoms with Gasteiger partial charge in [-0.25, -0.2) is 9.37 Å². The van der Waals surface area contributed by atoms with E-state index in [1.807, 2.05) is 0 Å². The van der Waals surface area contributed by atoms with Gasteiger partial charge in [0, 0.05) is 38.4 Å². The summed E-state index contributed by atoms with van der Waals surface area (Å²) in [5, 5.41) is 2.68. The molecule has 3 rings (SSSR count). The molecule has 0 radical (unpaired) electrons. The molecule has 7 nitrogen and oxygen atoms in total. The molecule has 0 unspecified atom stereocenters. The summed E-state index contributed by atoms with van der Waals surface area (Å²) in [6.45, 7) is 3.57.